The first-order chi connectivity index (χ1) is 13.6. The Labute approximate surface area is 160 Å². The molecule has 28 heavy (non-hydrogen) atoms. The van der Waals surface area contributed by atoms with Gasteiger partial charge in [0.2, 0.25) is 0 Å². The lowest BCUT2D eigenvalue weighted by Crippen LogP contribution is -2.11. The smallest absolute Gasteiger partial charge is 0.291 e. The Kier molecular flexibility index (Phi) is 4.68. The molecule has 0 aliphatic carbocycles. The Morgan fingerprint density at radius 1 is 1.07 bits per heavy atom. The highest BCUT2D eigenvalue weighted by Crippen LogP contribution is 2.26. The number of carbonyl (C=O) groups is 1. The van der Waals surface area contributed by atoms with Crippen LogP contribution in [0.2, 0.25) is 0 Å². The average Bonchev–Trinajstić information content (AvgIpc) is 3.24. The van der Waals surface area contributed by atoms with Crippen molar-refractivity contribution in [2.24, 2.45) is 0 Å². The molecule has 0 saturated heterocycles. The molecule has 6 nitrogen and oxygen atoms in total. The third kappa shape index (κ3) is 3.53. The molecule has 0 fully saturated rings. The molecular weight excluding hydrogens is 358 g/mol. The molecule has 0 atom stereocenters. The molecule has 1 N–H and O–H groups in total. The van der Waals surface area contributed by atoms with Gasteiger partial charge in [-0.25, -0.2) is 0 Å². The van der Waals surface area contributed by atoms with Crippen LogP contribution in [0.5, 0.6) is 5.75 Å². The highest BCUT2D eigenvalue weighted by molar-refractivity contribution is 6.03. The predicted octanol–water partition coefficient (Wildman–Crippen LogP) is 4.70. The summed E-state index contributed by atoms with van der Waals surface area (Å²) in [4.78, 5) is 24.7. The van der Waals surface area contributed by atoms with Crippen LogP contribution in [0, 0.1) is 0 Å². The average molecular weight is 375 g/mol. The third-order valence-corrected chi connectivity index (χ3v) is 4.18. The summed E-state index contributed by atoms with van der Waals surface area (Å²) in [6.07, 6.45) is 1.42. The van der Waals surface area contributed by atoms with Gasteiger partial charge >= 0.3 is 0 Å². The van der Waals surface area contributed by atoms with Crippen molar-refractivity contribution in [2.45, 2.75) is 6.92 Å². The highest BCUT2D eigenvalue weighted by atomic mass is 16.5. The number of nitrogens with one attached hydrogen (secondary N) is 1. The lowest BCUT2D eigenvalue weighted by atomic mass is 10.1. The molecule has 4 rings (SSSR count). The fourth-order valence-corrected chi connectivity index (χ4v) is 2.86. The van der Waals surface area contributed by atoms with Crippen LogP contribution in [-0.2, 0) is 0 Å². The summed E-state index contributed by atoms with van der Waals surface area (Å²) in [6.45, 7) is 2.50. The second-order valence-electron chi connectivity index (χ2n) is 6.07. The maximum absolute atomic E-state index is 12.6. The number of carbonyl (C=O) groups excluding carboxylic acids is 1. The molecule has 0 bridgehead atoms. The van der Waals surface area contributed by atoms with Crippen molar-refractivity contribution in [3.63, 3.8) is 0 Å². The zero-order chi connectivity index (χ0) is 19.5. The third-order valence-electron chi connectivity index (χ3n) is 4.18. The quantitative estimate of drug-likeness (QED) is 0.547. The second-order valence-corrected chi connectivity index (χ2v) is 6.07. The maximum atomic E-state index is 12.6. The second kappa shape index (κ2) is 7.44. The van der Waals surface area contributed by atoms with Gasteiger partial charge in [0.25, 0.3) is 5.91 Å². The molecule has 0 saturated carbocycles. The van der Waals surface area contributed by atoms with Crippen LogP contribution in [0.4, 0.5) is 5.69 Å². The van der Waals surface area contributed by atoms with Crippen molar-refractivity contribution in [1.82, 2.24) is 0 Å². The molecule has 6 heteroatoms. The highest BCUT2D eigenvalue weighted by Gasteiger charge is 2.12. The Bertz CT molecular complexity index is 1170. The van der Waals surface area contributed by atoms with Gasteiger partial charge in [-0.05, 0) is 61.5 Å². The number of anilines is 1. The molecule has 4 aromatic rings. The number of benzene rings is 2. The molecule has 0 radical (unpaired) electrons. The van der Waals surface area contributed by atoms with E-state index >= 15 is 0 Å². The minimum atomic E-state index is -0.389. The molecule has 140 valence electrons. The van der Waals surface area contributed by atoms with Gasteiger partial charge < -0.3 is 18.9 Å². The standard InChI is InChI=1S/C22H17NO5/c1-2-26-16-8-5-14(6-9-16)21-13-18(24)17-12-15(7-10-19(17)28-21)23-22(25)20-4-3-11-27-20/h3-13H,2H2,1H3,(H,23,25). The van der Waals surface area contributed by atoms with Gasteiger partial charge in [0, 0.05) is 17.3 Å². The van der Waals surface area contributed by atoms with E-state index in [0.29, 0.717) is 29.0 Å². The first-order valence-corrected chi connectivity index (χ1v) is 8.80. The van der Waals surface area contributed by atoms with Gasteiger partial charge in [-0.1, -0.05) is 0 Å². The number of amides is 1. The molecule has 2 aromatic heterocycles. The number of hydrogen-bond acceptors (Lipinski definition) is 5. The number of rotatable bonds is 5. The van der Waals surface area contributed by atoms with E-state index in [1.165, 1.54) is 12.3 Å². The van der Waals surface area contributed by atoms with E-state index in [1.807, 2.05) is 31.2 Å². The fourth-order valence-electron chi connectivity index (χ4n) is 2.86. The molecule has 1 amide bonds. The Balaban J connectivity index is 1.64. The van der Waals surface area contributed by atoms with E-state index in [-0.39, 0.29) is 17.1 Å². The van der Waals surface area contributed by atoms with Crippen LogP contribution in [0.25, 0.3) is 22.3 Å². The van der Waals surface area contributed by atoms with Crippen LogP contribution in [-0.4, -0.2) is 12.5 Å². The van der Waals surface area contributed by atoms with E-state index in [9.17, 15) is 9.59 Å². The number of hydrogen-bond donors (Lipinski definition) is 1. The van der Waals surface area contributed by atoms with Crippen LogP contribution >= 0.6 is 0 Å². The summed E-state index contributed by atoms with van der Waals surface area (Å²) in [5.41, 5.74) is 1.50. The fraction of sp³-hybridized carbons (Fsp3) is 0.0909. The van der Waals surface area contributed by atoms with Crippen molar-refractivity contribution in [1.29, 1.82) is 0 Å². The number of ether oxygens (including phenoxy) is 1. The molecule has 0 unspecified atom stereocenters. The van der Waals surface area contributed by atoms with E-state index < -0.39 is 0 Å². The summed E-state index contributed by atoms with van der Waals surface area (Å²) >= 11 is 0. The summed E-state index contributed by atoms with van der Waals surface area (Å²) in [6, 6.07) is 16.9. The van der Waals surface area contributed by atoms with Gasteiger partial charge in [0.05, 0.1) is 18.3 Å². The molecule has 2 heterocycles. The van der Waals surface area contributed by atoms with Crippen molar-refractivity contribution in [3.8, 4) is 17.1 Å². The van der Waals surface area contributed by atoms with E-state index in [4.69, 9.17) is 13.6 Å². The Hall–Kier alpha value is -3.80. The minimum Gasteiger partial charge on any atom is -0.494 e. The van der Waals surface area contributed by atoms with Gasteiger partial charge in [0.1, 0.15) is 17.1 Å². The van der Waals surface area contributed by atoms with E-state index in [2.05, 4.69) is 5.32 Å². The molecule has 0 aliphatic heterocycles. The molecular formula is C22H17NO5. The first-order valence-electron chi connectivity index (χ1n) is 8.80. The molecule has 2 aromatic carbocycles. The van der Waals surface area contributed by atoms with Crippen molar-refractivity contribution >= 4 is 22.6 Å². The largest absolute Gasteiger partial charge is 0.494 e. The van der Waals surface area contributed by atoms with E-state index in [1.54, 1.807) is 30.3 Å². The van der Waals surface area contributed by atoms with Crippen LogP contribution in [0.3, 0.4) is 0 Å². The van der Waals surface area contributed by atoms with Crippen LogP contribution in [0.1, 0.15) is 17.5 Å². The van der Waals surface area contributed by atoms with Crippen LogP contribution < -0.4 is 15.5 Å². The van der Waals surface area contributed by atoms with Gasteiger partial charge in [0.15, 0.2) is 11.2 Å². The summed E-state index contributed by atoms with van der Waals surface area (Å²) in [5.74, 6) is 1.02. The zero-order valence-electron chi connectivity index (χ0n) is 15.1. The number of furan rings is 1. The van der Waals surface area contributed by atoms with Gasteiger partial charge in [-0.2, -0.15) is 0 Å². The van der Waals surface area contributed by atoms with E-state index in [0.717, 1.165) is 11.3 Å². The molecule has 0 aliphatic rings. The van der Waals surface area contributed by atoms with Gasteiger partial charge in [-0.15, -0.1) is 0 Å². The summed E-state index contributed by atoms with van der Waals surface area (Å²) < 4.78 is 16.4. The minimum absolute atomic E-state index is 0.193. The Morgan fingerprint density at radius 3 is 2.61 bits per heavy atom. The number of fused-ring (bicyclic) bond motifs is 1. The SMILES string of the molecule is CCOc1ccc(-c2cc(=O)c3cc(NC(=O)c4ccco4)ccc3o2)cc1. The zero-order valence-corrected chi connectivity index (χ0v) is 15.1. The van der Waals surface area contributed by atoms with Crippen molar-refractivity contribution in [3.05, 3.63) is 82.9 Å². The topological polar surface area (TPSA) is 81.7 Å². The lowest BCUT2D eigenvalue weighted by molar-refractivity contribution is 0.0996. The summed E-state index contributed by atoms with van der Waals surface area (Å²) in [7, 11) is 0. The predicted molar refractivity (Wildman–Crippen MR) is 106 cm³/mol. The van der Waals surface area contributed by atoms with Gasteiger partial charge in [-0.3, -0.25) is 9.59 Å². The van der Waals surface area contributed by atoms with Crippen molar-refractivity contribution < 1.29 is 18.4 Å². The molecule has 0 spiro atoms. The van der Waals surface area contributed by atoms with Crippen LogP contribution in [0.15, 0.2) is 80.6 Å². The lowest BCUT2D eigenvalue weighted by Gasteiger charge is -2.07. The normalized spacial score (nSPS) is 10.8. The van der Waals surface area contributed by atoms with Crippen molar-refractivity contribution in [2.75, 3.05) is 11.9 Å². The maximum Gasteiger partial charge on any atom is 0.291 e. The summed E-state index contributed by atoms with van der Waals surface area (Å²) in [5, 5.41) is 3.08. The monoisotopic (exact) mass is 375 g/mol. The Morgan fingerprint density at radius 2 is 1.89 bits per heavy atom. The first kappa shape index (κ1) is 17.6.